The summed E-state index contributed by atoms with van der Waals surface area (Å²) in [6.07, 6.45) is 15.8. The van der Waals surface area contributed by atoms with E-state index in [0.717, 1.165) is 0 Å². The third-order valence-electron chi connectivity index (χ3n) is 5.33. The van der Waals surface area contributed by atoms with Gasteiger partial charge in [0.1, 0.15) is 0 Å². The van der Waals surface area contributed by atoms with E-state index in [4.69, 9.17) is 0 Å². The lowest BCUT2D eigenvalue weighted by molar-refractivity contribution is 0.511. The van der Waals surface area contributed by atoms with Gasteiger partial charge in [0.2, 0.25) is 0 Å². The summed E-state index contributed by atoms with van der Waals surface area (Å²) < 4.78 is 0.515. The average Bonchev–Trinajstić information content (AvgIpc) is 2.57. The smallest absolute Gasteiger partial charge is 0.155 e. The van der Waals surface area contributed by atoms with Crippen LogP contribution >= 0.6 is 12.4 Å². The number of halogens is 1. The molecule has 130 valence electrons. The molecule has 0 fully saturated rings. The van der Waals surface area contributed by atoms with Crippen LogP contribution in [0, 0.1) is 0 Å². The molecule has 0 aromatic heterocycles. The van der Waals surface area contributed by atoms with Gasteiger partial charge in [-0.05, 0) is 0 Å². The van der Waals surface area contributed by atoms with Crippen molar-refractivity contribution in [3.63, 3.8) is 0 Å². The van der Waals surface area contributed by atoms with Crippen molar-refractivity contribution in [3.8, 4) is 0 Å². The first-order valence-corrected chi connectivity index (χ1v) is 11.9. The van der Waals surface area contributed by atoms with Crippen molar-refractivity contribution in [2.24, 2.45) is 0 Å². The van der Waals surface area contributed by atoms with Crippen LogP contribution in [0.1, 0.15) is 90.0 Å². The topological polar surface area (TPSA) is 0 Å². The molecule has 1 aromatic carbocycles. The third kappa shape index (κ3) is 9.99. The van der Waals surface area contributed by atoms with Crippen molar-refractivity contribution >= 4 is 32.8 Å². The molecule has 0 spiro atoms. The van der Waals surface area contributed by atoms with E-state index < -0.39 is 0 Å². The maximum atomic E-state index is 2.50. The first-order chi connectivity index (χ1) is 10.7. The van der Waals surface area contributed by atoms with Gasteiger partial charge in [-0.15, -0.1) is 16.0 Å². The second-order valence-electron chi connectivity index (χ2n) is 7.21. The van der Waals surface area contributed by atoms with Crippen LogP contribution in [0.25, 0.3) is 0 Å². The van der Waals surface area contributed by atoms with Gasteiger partial charge in [-0.2, -0.15) is 5.05 Å². The molecular weight excluding hydrogens is 312 g/mol. The van der Waals surface area contributed by atoms with Gasteiger partial charge in [0, 0.05) is 0 Å². The molecule has 0 N–H and O–H groups in total. The number of benzene rings is 1. The van der Waals surface area contributed by atoms with E-state index in [2.05, 4.69) is 49.2 Å². The highest BCUT2D eigenvalue weighted by molar-refractivity contribution is 6.38. The Bertz CT molecular complexity index is 365. The number of rotatable bonds is 13. The summed E-state index contributed by atoms with van der Waals surface area (Å²) in [7, 11) is 0. The van der Waals surface area contributed by atoms with E-state index in [1.54, 1.807) is 5.56 Å². The van der Waals surface area contributed by atoms with Crippen LogP contribution in [0.2, 0.25) is 5.05 Å². The lowest BCUT2D eigenvalue weighted by Gasteiger charge is -2.29. The minimum atomic E-state index is -0.0227. The van der Waals surface area contributed by atoms with E-state index in [-0.39, 0.29) is 32.8 Å². The zero-order valence-electron chi connectivity index (χ0n) is 15.8. The molecule has 0 saturated carbocycles. The Morgan fingerprint density at radius 3 is 1.74 bits per heavy atom. The van der Waals surface area contributed by atoms with E-state index in [9.17, 15) is 0 Å². The van der Waals surface area contributed by atoms with Crippen LogP contribution in [-0.4, -0.2) is 20.4 Å². The van der Waals surface area contributed by atoms with Crippen molar-refractivity contribution in [3.05, 3.63) is 35.9 Å². The summed E-state index contributed by atoms with van der Waals surface area (Å²) in [5, 5.41) is 2.48. The molecule has 2 heteroatoms. The van der Waals surface area contributed by atoms with Crippen molar-refractivity contribution in [1.82, 2.24) is 0 Å². The SMILES string of the molecule is CCCCCCCCCCCC[C](C)([Mg][CH3])c1ccccc1.Cl. The molecule has 0 bridgehead atoms. The largest absolute Gasteiger partial charge is 0.376 e. The Morgan fingerprint density at radius 2 is 1.26 bits per heavy atom. The molecule has 0 saturated heterocycles. The Labute approximate surface area is 161 Å². The summed E-state index contributed by atoms with van der Waals surface area (Å²) >= 11 is -0.0227. The van der Waals surface area contributed by atoms with Crippen molar-refractivity contribution in [2.75, 3.05) is 0 Å². The van der Waals surface area contributed by atoms with Gasteiger partial charge in [0.05, 0.1) is 0 Å². The standard InChI is InChI=1S/C20H33.CH3.ClH.Mg/c1-3-4-5-6-7-8-9-10-11-13-16-19(2)20-17-14-12-15-18-20;;;/h12,14-15,17-18H,3-11,13,16H2,1-2H3;1H3;1H;. The van der Waals surface area contributed by atoms with Gasteiger partial charge in [-0.25, -0.2) is 0 Å². The molecule has 1 unspecified atom stereocenters. The Balaban J connectivity index is 0.00000484. The quantitative estimate of drug-likeness (QED) is 0.257. The van der Waals surface area contributed by atoms with Crippen molar-refractivity contribution < 1.29 is 0 Å². The first-order valence-electron chi connectivity index (χ1n) is 9.78. The highest BCUT2D eigenvalue weighted by Crippen LogP contribution is 2.29. The van der Waals surface area contributed by atoms with Gasteiger partial charge < -0.3 is 0 Å². The Hall–Kier alpha value is 0.276. The van der Waals surface area contributed by atoms with Crippen LogP contribution in [-0.2, 0) is 3.54 Å². The van der Waals surface area contributed by atoms with E-state index in [1.807, 2.05) is 0 Å². The fraction of sp³-hybridized carbons (Fsp3) is 0.714. The Morgan fingerprint density at radius 1 is 0.783 bits per heavy atom. The number of hydrogen-bond acceptors (Lipinski definition) is 0. The molecule has 0 aliphatic carbocycles. The number of unbranched alkanes of at least 4 members (excludes halogenated alkanes) is 9. The molecule has 1 rings (SSSR count). The van der Waals surface area contributed by atoms with Crippen molar-refractivity contribution in [2.45, 2.75) is 93.1 Å². The minimum Gasteiger partial charge on any atom is -0.155 e. The molecule has 23 heavy (non-hydrogen) atoms. The van der Waals surface area contributed by atoms with E-state index in [0.29, 0.717) is 3.54 Å². The Kier molecular flexibility index (Phi) is 14.8. The highest BCUT2D eigenvalue weighted by Gasteiger charge is 2.24. The van der Waals surface area contributed by atoms with Gasteiger partial charge in [0.15, 0.2) is 0 Å². The number of hydrogen-bond donors (Lipinski definition) is 0. The van der Waals surface area contributed by atoms with Gasteiger partial charge in [-0.1, -0.05) is 120 Å². The normalized spacial score (nSPS) is 13.0. The molecule has 0 heterocycles. The van der Waals surface area contributed by atoms with Gasteiger partial charge in [-0.3, -0.25) is 0 Å². The molecule has 1 atom stereocenters. The molecule has 0 nitrogen and oxygen atoms in total. The van der Waals surface area contributed by atoms with Gasteiger partial charge >= 0.3 is 20.4 Å². The summed E-state index contributed by atoms with van der Waals surface area (Å²) in [5.41, 5.74) is 1.58. The fourth-order valence-electron chi connectivity index (χ4n) is 3.37. The van der Waals surface area contributed by atoms with E-state index in [1.165, 1.54) is 70.6 Å². The monoisotopic (exact) mass is 348 g/mol. The van der Waals surface area contributed by atoms with Crippen LogP contribution in [0.15, 0.2) is 30.3 Å². The van der Waals surface area contributed by atoms with Crippen LogP contribution in [0.3, 0.4) is 0 Å². The lowest BCUT2D eigenvalue weighted by Crippen LogP contribution is -2.27. The molecule has 1 aromatic rings. The second kappa shape index (κ2) is 14.6. The van der Waals surface area contributed by atoms with Gasteiger partial charge in [0.25, 0.3) is 0 Å². The molecule has 0 radical (unpaired) electrons. The highest BCUT2D eigenvalue weighted by atomic mass is 35.5. The summed E-state index contributed by atoms with van der Waals surface area (Å²) in [6, 6.07) is 11.2. The molecule has 0 aliphatic rings. The van der Waals surface area contributed by atoms with E-state index >= 15 is 0 Å². The predicted octanol–water partition coefficient (Wildman–Crippen LogP) is 7.39. The fourth-order valence-corrected chi connectivity index (χ4v) is 4.62. The first kappa shape index (κ1) is 23.3. The minimum absolute atomic E-state index is 0. The summed E-state index contributed by atoms with van der Waals surface area (Å²) in [5.74, 6) is 0. The maximum absolute atomic E-state index is 2.50. The molecular formula is C21H37ClMg. The lowest BCUT2D eigenvalue weighted by atomic mass is 9.93. The van der Waals surface area contributed by atoms with Crippen molar-refractivity contribution in [1.29, 1.82) is 0 Å². The maximum Gasteiger partial charge on any atom is 0.376 e. The zero-order valence-corrected chi connectivity index (χ0v) is 18.0. The van der Waals surface area contributed by atoms with Crippen LogP contribution < -0.4 is 0 Å². The van der Waals surface area contributed by atoms with Crippen LogP contribution in [0.5, 0.6) is 0 Å². The molecule has 0 amide bonds. The summed E-state index contributed by atoms with van der Waals surface area (Å²) in [4.78, 5) is 0. The molecule has 0 aliphatic heterocycles. The zero-order chi connectivity index (χ0) is 16.1. The predicted molar refractivity (Wildman–Crippen MR) is 109 cm³/mol. The average molecular weight is 349 g/mol. The third-order valence-corrected chi connectivity index (χ3v) is 7.66. The summed E-state index contributed by atoms with van der Waals surface area (Å²) in [6.45, 7) is 4.80. The van der Waals surface area contributed by atoms with Crippen LogP contribution in [0.4, 0.5) is 0 Å². The second-order valence-corrected chi connectivity index (χ2v) is 9.48.